The Hall–Kier alpha value is -1.60. The van der Waals surface area contributed by atoms with E-state index in [-0.39, 0.29) is 9.37 Å². The lowest BCUT2D eigenvalue weighted by atomic mass is 10.2. The Kier molecular flexibility index (Phi) is 4.53. The van der Waals surface area contributed by atoms with Gasteiger partial charge in [-0.05, 0) is 58.7 Å². The van der Waals surface area contributed by atoms with Gasteiger partial charge in [-0.25, -0.2) is 12.8 Å². The molecule has 7 heteroatoms. The van der Waals surface area contributed by atoms with Gasteiger partial charge in [-0.15, -0.1) is 0 Å². The number of halogens is 2. The van der Waals surface area contributed by atoms with Gasteiger partial charge in [0.1, 0.15) is 11.6 Å². The van der Waals surface area contributed by atoms with Crippen LogP contribution in [0.5, 0.6) is 5.75 Å². The number of ether oxygens (including phenoxy) is 1. The fourth-order valence-electron chi connectivity index (χ4n) is 1.73. The van der Waals surface area contributed by atoms with Crippen molar-refractivity contribution in [2.24, 2.45) is 0 Å². The number of hydrogen-bond acceptors (Lipinski definition) is 3. The summed E-state index contributed by atoms with van der Waals surface area (Å²) >= 11 is 2.98. The van der Waals surface area contributed by atoms with Crippen LogP contribution in [0.2, 0.25) is 0 Å². The highest BCUT2D eigenvalue weighted by molar-refractivity contribution is 9.10. The zero-order chi connectivity index (χ0) is 15.6. The average molecular weight is 374 g/mol. The molecule has 0 unspecified atom stereocenters. The number of nitrogens with one attached hydrogen (secondary N) is 1. The maximum Gasteiger partial charge on any atom is 0.262 e. The van der Waals surface area contributed by atoms with Crippen molar-refractivity contribution in [3.63, 3.8) is 0 Å². The molecule has 21 heavy (non-hydrogen) atoms. The molecule has 0 radical (unpaired) electrons. The van der Waals surface area contributed by atoms with Crippen LogP contribution in [0.3, 0.4) is 0 Å². The number of benzene rings is 2. The number of hydrogen-bond donors (Lipinski definition) is 1. The minimum atomic E-state index is -3.89. The summed E-state index contributed by atoms with van der Waals surface area (Å²) in [5, 5.41) is 0. The molecule has 0 bridgehead atoms. The first-order chi connectivity index (χ1) is 9.83. The van der Waals surface area contributed by atoms with E-state index in [0.717, 1.165) is 11.6 Å². The highest BCUT2D eigenvalue weighted by Gasteiger charge is 2.18. The van der Waals surface area contributed by atoms with Crippen molar-refractivity contribution in [1.82, 2.24) is 0 Å². The second kappa shape index (κ2) is 6.03. The molecule has 2 rings (SSSR count). The van der Waals surface area contributed by atoms with E-state index in [9.17, 15) is 12.8 Å². The van der Waals surface area contributed by atoms with Crippen LogP contribution in [0.25, 0.3) is 0 Å². The second-order valence-corrected chi connectivity index (χ2v) is 6.92. The molecule has 0 fully saturated rings. The van der Waals surface area contributed by atoms with Gasteiger partial charge in [0.25, 0.3) is 10.0 Å². The fourth-order valence-corrected chi connectivity index (χ4v) is 3.06. The van der Waals surface area contributed by atoms with Crippen LogP contribution in [0, 0.1) is 12.7 Å². The minimum absolute atomic E-state index is 0.161. The summed E-state index contributed by atoms with van der Waals surface area (Å²) in [6, 6.07) is 8.67. The van der Waals surface area contributed by atoms with Gasteiger partial charge < -0.3 is 4.74 Å². The number of methoxy groups -OCH3 is 1. The summed E-state index contributed by atoms with van der Waals surface area (Å²) < 4.78 is 45.8. The highest BCUT2D eigenvalue weighted by atomic mass is 79.9. The van der Waals surface area contributed by atoms with E-state index in [1.54, 1.807) is 18.2 Å². The second-order valence-electron chi connectivity index (χ2n) is 4.39. The molecule has 2 aromatic carbocycles. The van der Waals surface area contributed by atoms with Gasteiger partial charge in [-0.2, -0.15) is 0 Å². The summed E-state index contributed by atoms with van der Waals surface area (Å²) in [5.41, 5.74) is 1.23. The highest BCUT2D eigenvalue weighted by Crippen LogP contribution is 2.28. The number of rotatable bonds is 4. The van der Waals surface area contributed by atoms with Crippen molar-refractivity contribution in [2.75, 3.05) is 11.8 Å². The van der Waals surface area contributed by atoms with E-state index in [1.807, 2.05) is 6.92 Å². The molecular weight excluding hydrogens is 361 g/mol. The van der Waals surface area contributed by atoms with Crippen molar-refractivity contribution < 1.29 is 17.5 Å². The van der Waals surface area contributed by atoms with Gasteiger partial charge in [-0.1, -0.05) is 6.07 Å². The molecule has 0 amide bonds. The van der Waals surface area contributed by atoms with Crippen LogP contribution in [-0.4, -0.2) is 15.5 Å². The van der Waals surface area contributed by atoms with Gasteiger partial charge in [0.05, 0.1) is 22.2 Å². The first-order valence-electron chi connectivity index (χ1n) is 5.96. The van der Waals surface area contributed by atoms with Crippen LogP contribution in [0.4, 0.5) is 10.1 Å². The summed E-state index contributed by atoms with van der Waals surface area (Å²) in [6.45, 7) is 1.87. The summed E-state index contributed by atoms with van der Waals surface area (Å²) in [4.78, 5) is -0.161. The summed E-state index contributed by atoms with van der Waals surface area (Å²) in [5.74, 6) is -0.245. The molecule has 112 valence electrons. The standard InChI is InChI=1S/C14H13BrFNO3S/c1-9-3-6-13(14(7-9)20-2)17-21(18,19)10-4-5-11(15)12(16)8-10/h3-8,17H,1-2H3. The quantitative estimate of drug-likeness (QED) is 0.888. The SMILES string of the molecule is COc1cc(C)ccc1NS(=O)(=O)c1ccc(Br)c(F)c1. The monoisotopic (exact) mass is 373 g/mol. The van der Waals surface area contributed by atoms with E-state index in [1.165, 1.54) is 19.2 Å². The smallest absolute Gasteiger partial charge is 0.262 e. The number of sulfonamides is 1. The average Bonchev–Trinajstić information content (AvgIpc) is 2.43. The fraction of sp³-hybridized carbons (Fsp3) is 0.143. The maximum absolute atomic E-state index is 13.5. The van der Waals surface area contributed by atoms with Crippen LogP contribution in [-0.2, 0) is 10.0 Å². The zero-order valence-corrected chi connectivity index (χ0v) is 13.8. The summed E-state index contributed by atoms with van der Waals surface area (Å²) in [6.07, 6.45) is 0. The van der Waals surface area contributed by atoms with Gasteiger partial charge in [0.2, 0.25) is 0 Å². The predicted molar refractivity (Wildman–Crippen MR) is 82.6 cm³/mol. The largest absolute Gasteiger partial charge is 0.495 e. The van der Waals surface area contributed by atoms with E-state index in [2.05, 4.69) is 20.7 Å². The maximum atomic E-state index is 13.5. The number of anilines is 1. The third kappa shape index (κ3) is 3.54. The lowest BCUT2D eigenvalue weighted by Gasteiger charge is -2.12. The van der Waals surface area contributed by atoms with E-state index in [0.29, 0.717) is 11.4 Å². The molecule has 0 saturated heterocycles. The molecule has 0 heterocycles. The molecule has 0 atom stereocenters. The molecule has 0 spiro atoms. The van der Waals surface area contributed by atoms with Gasteiger partial charge in [0.15, 0.2) is 0 Å². The van der Waals surface area contributed by atoms with Gasteiger partial charge in [0, 0.05) is 0 Å². The van der Waals surface area contributed by atoms with Gasteiger partial charge >= 0.3 is 0 Å². The molecule has 0 saturated carbocycles. The Morgan fingerprint density at radius 3 is 2.52 bits per heavy atom. The molecule has 0 aromatic heterocycles. The lowest BCUT2D eigenvalue weighted by molar-refractivity contribution is 0.416. The third-order valence-electron chi connectivity index (χ3n) is 2.80. The van der Waals surface area contributed by atoms with Crippen LogP contribution in [0.15, 0.2) is 45.8 Å². The van der Waals surface area contributed by atoms with E-state index >= 15 is 0 Å². The molecule has 0 aliphatic carbocycles. The molecule has 1 N–H and O–H groups in total. The molecular formula is C14H13BrFNO3S. The Morgan fingerprint density at radius 1 is 1.19 bits per heavy atom. The lowest BCUT2D eigenvalue weighted by Crippen LogP contribution is -2.14. The van der Waals surface area contributed by atoms with Crippen LogP contribution >= 0.6 is 15.9 Å². The third-order valence-corrected chi connectivity index (χ3v) is 4.81. The molecule has 0 aliphatic heterocycles. The van der Waals surface area contributed by atoms with Crippen molar-refractivity contribution in [1.29, 1.82) is 0 Å². The van der Waals surface area contributed by atoms with Crippen LogP contribution in [0.1, 0.15) is 5.56 Å². The first kappa shape index (κ1) is 15.8. The predicted octanol–water partition coefficient (Wildman–Crippen LogP) is 3.71. The molecule has 2 aromatic rings. The topological polar surface area (TPSA) is 55.4 Å². The van der Waals surface area contributed by atoms with Crippen molar-refractivity contribution in [2.45, 2.75) is 11.8 Å². The Labute approximate surface area is 131 Å². The molecule has 4 nitrogen and oxygen atoms in total. The van der Waals surface area contributed by atoms with Crippen molar-refractivity contribution >= 4 is 31.6 Å². The zero-order valence-electron chi connectivity index (χ0n) is 11.4. The molecule has 0 aliphatic rings. The summed E-state index contributed by atoms with van der Waals surface area (Å²) in [7, 11) is -2.44. The Morgan fingerprint density at radius 2 is 1.90 bits per heavy atom. The van der Waals surface area contributed by atoms with Crippen LogP contribution < -0.4 is 9.46 Å². The van der Waals surface area contributed by atoms with Crippen molar-refractivity contribution in [3.8, 4) is 5.75 Å². The van der Waals surface area contributed by atoms with E-state index in [4.69, 9.17) is 4.74 Å². The number of aryl methyl sites for hydroxylation is 1. The first-order valence-corrected chi connectivity index (χ1v) is 8.23. The Bertz CT molecular complexity index is 778. The van der Waals surface area contributed by atoms with E-state index < -0.39 is 15.8 Å². The Balaban J connectivity index is 2.39. The van der Waals surface area contributed by atoms with Gasteiger partial charge in [-0.3, -0.25) is 4.72 Å². The normalized spacial score (nSPS) is 11.2. The van der Waals surface area contributed by atoms with Crippen molar-refractivity contribution in [3.05, 3.63) is 52.3 Å². The minimum Gasteiger partial charge on any atom is -0.495 e.